The van der Waals surface area contributed by atoms with Crippen LogP contribution in [0.1, 0.15) is 44.1 Å². The molecule has 1 saturated carbocycles. The molecule has 0 bridgehead atoms. The number of nitrogens with one attached hydrogen (secondary N) is 2. The SMILES string of the molecule is CN=C(NCc1cc(OC)ccc1O)NC1CCN(C2CCCC2)CC1. The number of hydrogen-bond donors (Lipinski definition) is 3. The van der Waals surface area contributed by atoms with Crippen molar-refractivity contribution < 1.29 is 9.84 Å². The van der Waals surface area contributed by atoms with E-state index < -0.39 is 0 Å². The first-order chi connectivity index (χ1) is 12.7. The molecule has 3 N–H and O–H groups in total. The Morgan fingerprint density at radius 3 is 2.62 bits per heavy atom. The summed E-state index contributed by atoms with van der Waals surface area (Å²) < 4.78 is 5.23. The summed E-state index contributed by atoms with van der Waals surface area (Å²) in [7, 11) is 3.41. The maximum atomic E-state index is 10.0. The van der Waals surface area contributed by atoms with Crippen LogP contribution >= 0.6 is 0 Å². The van der Waals surface area contributed by atoms with Crippen LogP contribution < -0.4 is 15.4 Å². The van der Waals surface area contributed by atoms with E-state index in [-0.39, 0.29) is 5.75 Å². The fraction of sp³-hybridized carbons (Fsp3) is 0.650. The van der Waals surface area contributed by atoms with Gasteiger partial charge in [0.05, 0.1) is 7.11 Å². The fourth-order valence-corrected chi connectivity index (χ4v) is 4.08. The van der Waals surface area contributed by atoms with E-state index in [1.807, 2.05) is 6.07 Å². The molecule has 1 saturated heterocycles. The second-order valence-electron chi connectivity index (χ2n) is 7.31. The number of aromatic hydroxyl groups is 1. The number of nitrogens with zero attached hydrogens (tertiary/aromatic N) is 2. The summed E-state index contributed by atoms with van der Waals surface area (Å²) >= 11 is 0. The minimum absolute atomic E-state index is 0.263. The zero-order valence-electron chi connectivity index (χ0n) is 16.0. The molecule has 6 nitrogen and oxygen atoms in total. The standard InChI is InChI=1S/C20H32N4O2/c1-21-20(22-14-15-13-18(26-2)7-8-19(15)25)23-16-9-11-24(12-10-16)17-5-3-4-6-17/h7-8,13,16-17,25H,3-6,9-12,14H2,1-2H3,(H2,21,22,23). The largest absolute Gasteiger partial charge is 0.508 e. The molecule has 144 valence electrons. The Bertz CT molecular complexity index is 606. The molecule has 1 aliphatic carbocycles. The molecular weight excluding hydrogens is 328 g/mol. The van der Waals surface area contributed by atoms with Gasteiger partial charge in [-0.2, -0.15) is 0 Å². The van der Waals surface area contributed by atoms with E-state index in [2.05, 4.69) is 20.5 Å². The van der Waals surface area contributed by atoms with Gasteiger partial charge in [-0.3, -0.25) is 4.99 Å². The first-order valence-corrected chi connectivity index (χ1v) is 9.76. The molecule has 1 heterocycles. The number of guanidine groups is 1. The van der Waals surface area contributed by atoms with E-state index in [4.69, 9.17) is 4.74 Å². The van der Waals surface area contributed by atoms with Crippen molar-refractivity contribution >= 4 is 5.96 Å². The van der Waals surface area contributed by atoms with Crippen molar-refractivity contribution in [2.45, 2.75) is 57.2 Å². The van der Waals surface area contributed by atoms with Crippen LogP contribution in [0.5, 0.6) is 11.5 Å². The minimum atomic E-state index is 0.263. The number of benzene rings is 1. The molecule has 0 amide bonds. The van der Waals surface area contributed by atoms with Gasteiger partial charge < -0.3 is 25.4 Å². The van der Waals surface area contributed by atoms with Crippen molar-refractivity contribution in [3.63, 3.8) is 0 Å². The van der Waals surface area contributed by atoms with Crippen LogP contribution in [0.15, 0.2) is 23.2 Å². The van der Waals surface area contributed by atoms with Crippen LogP contribution in [0.25, 0.3) is 0 Å². The summed E-state index contributed by atoms with van der Waals surface area (Å²) in [6.07, 6.45) is 7.87. The third kappa shape index (κ3) is 4.81. The minimum Gasteiger partial charge on any atom is -0.508 e. The molecule has 3 rings (SSSR count). The second-order valence-corrected chi connectivity index (χ2v) is 7.31. The lowest BCUT2D eigenvalue weighted by atomic mass is 10.0. The Morgan fingerprint density at radius 1 is 1.23 bits per heavy atom. The van der Waals surface area contributed by atoms with Gasteiger partial charge in [-0.15, -0.1) is 0 Å². The molecule has 0 unspecified atom stereocenters. The van der Waals surface area contributed by atoms with Gasteiger partial charge >= 0.3 is 0 Å². The lowest BCUT2D eigenvalue weighted by Gasteiger charge is -2.36. The van der Waals surface area contributed by atoms with E-state index >= 15 is 0 Å². The summed E-state index contributed by atoms with van der Waals surface area (Å²) in [4.78, 5) is 7.01. The molecule has 0 radical (unpaired) electrons. The number of phenols is 1. The van der Waals surface area contributed by atoms with Crippen molar-refractivity contribution in [1.82, 2.24) is 15.5 Å². The van der Waals surface area contributed by atoms with Gasteiger partial charge in [-0.1, -0.05) is 12.8 Å². The van der Waals surface area contributed by atoms with Crippen LogP contribution in [0, 0.1) is 0 Å². The fourth-order valence-electron chi connectivity index (χ4n) is 4.08. The zero-order valence-corrected chi connectivity index (χ0v) is 16.0. The Morgan fingerprint density at radius 2 is 1.96 bits per heavy atom. The predicted octanol–water partition coefficient (Wildman–Crippen LogP) is 2.47. The molecule has 2 aliphatic rings. The lowest BCUT2D eigenvalue weighted by Crippen LogP contribution is -2.50. The van der Waals surface area contributed by atoms with Gasteiger partial charge in [0, 0.05) is 44.3 Å². The molecule has 26 heavy (non-hydrogen) atoms. The van der Waals surface area contributed by atoms with E-state index in [0.29, 0.717) is 12.6 Å². The van der Waals surface area contributed by atoms with Crippen molar-refractivity contribution in [2.24, 2.45) is 4.99 Å². The smallest absolute Gasteiger partial charge is 0.191 e. The number of hydrogen-bond acceptors (Lipinski definition) is 4. The Hall–Kier alpha value is -1.95. The average Bonchev–Trinajstić information content (AvgIpc) is 3.21. The molecule has 0 spiro atoms. The second kappa shape index (κ2) is 9.12. The molecular formula is C20H32N4O2. The highest BCUT2D eigenvalue weighted by atomic mass is 16.5. The summed E-state index contributed by atoms with van der Waals surface area (Å²) in [5.41, 5.74) is 0.795. The molecule has 0 atom stereocenters. The molecule has 1 aromatic carbocycles. The van der Waals surface area contributed by atoms with Gasteiger partial charge in [-0.05, 0) is 43.9 Å². The predicted molar refractivity (Wildman–Crippen MR) is 105 cm³/mol. The van der Waals surface area contributed by atoms with Crippen LogP contribution in [0.2, 0.25) is 0 Å². The average molecular weight is 361 g/mol. The highest BCUT2D eigenvalue weighted by molar-refractivity contribution is 5.80. The highest BCUT2D eigenvalue weighted by Crippen LogP contribution is 2.26. The molecule has 1 aliphatic heterocycles. The monoisotopic (exact) mass is 360 g/mol. The van der Waals surface area contributed by atoms with Crippen molar-refractivity contribution in [1.29, 1.82) is 0 Å². The number of rotatable bonds is 5. The van der Waals surface area contributed by atoms with Crippen LogP contribution in [0.4, 0.5) is 0 Å². The zero-order chi connectivity index (χ0) is 18.4. The number of methoxy groups -OCH3 is 1. The summed E-state index contributed by atoms with van der Waals surface area (Å²) in [5, 5.41) is 16.8. The Kier molecular flexibility index (Phi) is 6.61. The number of aliphatic imine (C=N–C) groups is 1. The van der Waals surface area contributed by atoms with Crippen molar-refractivity contribution in [3.05, 3.63) is 23.8 Å². The maximum Gasteiger partial charge on any atom is 0.191 e. The maximum absolute atomic E-state index is 10.0. The summed E-state index contributed by atoms with van der Waals surface area (Å²) in [5.74, 6) is 1.78. The van der Waals surface area contributed by atoms with Gasteiger partial charge in [0.1, 0.15) is 11.5 Å². The highest BCUT2D eigenvalue weighted by Gasteiger charge is 2.27. The Labute approximate surface area is 156 Å². The topological polar surface area (TPSA) is 69.1 Å². The summed E-state index contributed by atoms with van der Waals surface area (Å²) in [6.45, 7) is 2.86. The van der Waals surface area contributed by atoms with E-state index in [0.717, 1.165) is 36.2 Å². The number of ether oxygens (including phenoxy) is 1. The van der Waals surface area contributed by atoms with E-state index in [1.165, 1.54) is 38.8 Å². The van der Waals surface area contributed by atoms with Gasteiger partial charge in [0.25, 0.3) is 0 Å². The molecule has 1 aromatic rings. The van der Waals surface area contributed by atoms with E-state index in [9.17, 15) is 5.11 Å². The first-order valence-electron chi connectivity index (χ1n) is 9.76. The van der Waals surface area contributed by atoms with Crippen LogP contribution in [-0.4, -0.2) is 55.3 Å². The molecule has 0 aromatic heterocycles. The van der Waals surface area contributed by atoms with Gasteiger partial charge in [-0.25, -0.2) is 0 Å². The number of phenolic OH excluding ortho intramolecular Hbond substituents is 1. The normalized spacial score (nSPS) is 20.3. The van der Waals surface area contributed by atoms with E-state index in [1.54, 1.807) is 26.3 Å². The van der Waals surface area contributed by atoms with Crippen molar-refractivity contribution in [2.75, 3.05) is 27.2 Å². The van der Waals surface area contributed by atoms with Crippen molar-refractivity contribution in [3.8, 4) is 11.5 Å². The number of piperidine rings is 1. The molecule has 2 fully saturated rings. The summed E-state index contributed by atoms with van der Waals surface area (Å²) in [6, 6.07) is 6.53. The van der Waals surface area contributed by atoms with Gasteiger partial charge in [0.2, 0.25) is 0 Å². The third-order valence-electron chi connectivity index (χ3n) is 5.67. The Balaban J connectivity index is 1.46. The first kappa shape index (κ1) is 18.8. The third-order valence-corrected chi connectivity index (χ3v) is 5.67. The number of likely N-dealkylation sites (tertiary alicyclic amines) is 1. The van der Waals surface area contributed by atoms with Crippen LogP contribution in [0.3, 0.4) is 0 Å². The van der Waals surface area contributed by atoms with Crippen LogP contribution in [-0.2, 0) is 6.54 Å². The quantitative estimate of drug-likeness (QED) is 0.556. The molecule has 6 heteroatoms. The van der Waals surface area contributed by atoms with Gasteiger partial charge in [0.15, 0.2) is 5.96 Å². The lowest BCUT2D eigenvalue weighted by molar-refractivity contribution is 0.150.